The average molecular weight is 320 g/mol. The molecule has 0 fully saturated rings. The van der Waals surface area contributed by atoms with Gasteiger partial charge in [0.15, 0.2) is 5.78 Å². The van der Waals surface area contributed by atoms with E-state index >= 15 is 0 Å². The van der Waals surface area contributed by atoms with Crippen LogP contribution in [0.2, 0.25) is 0 Å². The topological polar surface area (TPSA) is 35.5 Å². The zero-order valence-corrected chi connectivity index (χ0v) is 15.8. The van der Waals surface area contributed by atoms with Crippen LogP contribution in [-0.4, -0.2) is 19.0 Å². The van der Waals surface area contributed by atoms with E-state index in [2.05, 4.69) is 41.5 Å². The van der Waals surface area contributed by atoms with Gasteiger partial charge in [-0.1, -0.05) is 47.6 Å². The molecule has 0 atom stereocenters. The Morgan fingerprint density at radius 3 is 1.57 bits per heavy atom. The van der Waals surface area contributed by atoms with Crippen LogP contribution in [0.1, 0.15) is 71.7 Å². The van der Waals surface area contributed by atoms with E-state index in [1.807, 2.05) is 18.2 Å². The molecule has 0 saturated carbocycles. The fourth-order valence-electron chi connectivity index (χ4n) is 2.03. The molecule has 0 unspecified atom stereocenters. The standard InChI is InChI=1S/C20H32O3/c1-15(21)18-16(22-13-11-19(2,3)4)9-8-10-17(18)23-14-12-20(5,6)7/h8-10H,11-14H2,1-7H3. The predicted octanol–water partition coefficient (Wildman–Crippen LogP) is 5.52. The van der Waals surface area contributed by atoms with Crippen LogP contribution in [-0.2, 0) is 0 Å². The highest BCUT2D eigenvalue weighted by atomic mass is 16.5. The van der Waals surface area contributed by atoms with Crippen molar-refractivity contribution in [3.05, 3.63) is 23.8 Å². The molecule has 3 nitrogen and oxygen atoms in total. The molecular weight excluding hydrogens is 288 g/mol. The molecule has 0 aliphatic carbocycles. The highest BCUT2D eigenvalue weighted by Gasteiger charge is 2.18. The Balaban J connectivity index is 2.83. The van der Waals surface area contributed by atoms with Crippen molar-refractivity contribution >= 4 is 5.78 Å². The summed E-state index contributed by atoms with van der Waals surface area (Å²) in [6.45, 7) is 15.8. The molecular formula is C20H32O3. The molecule has 1 aromatic carbocycles. The summed E-state index contributed by atoms with van der Waals surface area (Å²) in [6, 6.07) is 5.57. The summed E-state index contributed by atoms with van der Waals surface area (Å²) in [5, 5.41) is 0. The van der Waals surface area contributed by atoms with Gasteiger partial charge < -0.3 is 9.47 Å². The van der Waals surface area contributed by atoms with Gasteiger partial charge in [0.05, 0.1) is 13.2 Å². The van der Waals surface area contributed by atoms with E-state index in [0.717, 1.165) is 12.8 Å². The van der Waals surface area contributed by atoms with Gasteiger partial charge in [-0.2, -0.15) is 0 Å². The summed E-state index contributed by atoms with van der Waals surface area (Å²) in [7, 11) is 0. The number of Topliss-reactive ketones (excluding diaryl/α,β-unsaturated/α-hetero) is 1. The lowest BCUT2D eigenvalue weighted by Crippen LogP contribution is -2.14. The van der Waals surface area contributed by atoms with Crippen molar-refractivity contribution in [2.75, 3.05) is 13.2 Å². The fourth-order valence-corrected chi connectivity index (χ4v) is 2.03. The van der Waals surface area contributed by atoms with E-state index in [9.17, 15) is 4.79 Å². The van der Waals surface area contributed by atoms with Crippen molar-refractivity contribution in [1.29, 1.82) is 0 Å². The van der Waals surface area contributed by atoms with Gasteiger partial charge in [-0.3, -0.25) is 4.79 Å². The lowest BCUT2D eigenvalue weighted by molar-refractivity contribution is 0.100. The molecule has 3 heteroatoms. The Bertz CT molecular complexity index is 480. The van der Waals surface area contributed by atoms with Crippen LogP contribution < -0.4 is 9.47 Å². The molecule has 1 aromatic rings. The number of hydrogen-bond donors (Lipinski definition) is 0. The molecule has 0 radical (unpaired) electrons. The van der Waals surface area contributed by atoms with Crippen LogP contribution in [0.25, 0.3) is 0 Å². The smallest absolute Gasteiger partial charge is 0.167 e. The minimum absolute atomic E-state index is 0.0258. The van der Waals surface area contributed by atoms with Crippen molar-refractivity contribution in [3.63, 3.8) is 0 Å². The minimum Gasteiger partial charge on any atom is -0.493 e. The van der Waals surface area contributed by atoms with E-state index in [0.29, 0.717) is 30.3 Å². The Morgan fingerprint density at radius 1 is 0.870 bits per heavy atom. The van der Waals surface area contributed by atoms with Gasteiger partial charge in [0.1, 0.15) is 17.1 Å². The van der Waals surface area contributed by atoms with Gasteiger partial charge in [0, 0.05) is 0 Å². The van der Waals surface area contributed by atoms with E-state index in [4.69, 9.17) is 9.47 Å². The number of carbonyl (C=O) groups is 1. The molecule has 0 aliphatic rings. The summed E-state index contributed by atoms with van der Waals surface area (Å²) < 4.78 is 11.7. The zero-order chi connectivity index (χ0) is 17.7. The first-order chi connectivity index (χ1) is 10.5. The predicted molar refractivity (Wildman–Crippen MR) is 95.6 cm³/mol. The van der Waals surface area contributed by atoms with Gasteiger partial charge in [0.2, 0.25) is 0 Å². The third-order valence-electron chi connectivity index (χ3n) is 3.56. The maximum absolute atomic E-state index is 12.0. The minimum atomic E-state index is -0.0258. The lowest BCUT2D eigenvalue weighted by Gasteiger charge is -2.21. The van der Waals surface area contributed by atoms with E-state index in [-0.39, 0.29) is 16.6 Å². The summed E-state index contributed by atoms with van der Waals surface area (Å²) in [6.07, 6.45) is 1.86. The fraction of sp³-hybridized carbons (Fsp3) is 0.650. The second-order valence-corrected chi connectivity index (χ2v) is 8.50. The maximum Gasteiger partial charge on any atom is 0.167 e. The van der Waals surface area contributed by atoms with Crippen molar-refractivity contribution in [1.82, 2.24) is 0 Å². The highest BCUT2D eigenvalue weighted by Crippen LogP contribution is 2.31. The molecule has 0 heterocycles. The maximum atomic E-state index is 12.0. The Kier molecular flexibility index (Phi) is 6.67. The normalized spacial score (nSPS) is 12.1. The number of rotatable bonds is 7. The second-order valence-electron chi connectivity index (χ2n) is 8.50. The largest absolute Gasteiger partial charge is 0.493 e. The van der Waals surface area contributed by atoms with Gasteiger partial charge in [-0.05, 0) is 42.7 Å². The highest BCUT2D eigenvalue weighted by molar-refractivity contribution is 5.99. The number of hydrogen-bond acceptors (Lipinski definition) is 3. The van der Waals surface area contributed by atoms with Gasteiger partial charge in [0.25, 0.3) is 0 Å². The molecule has 0 bridgehead atoms. The third-order valence-corrected chi connectivity index (χ3v) is 3.56. The van der Waals surface area contributed by atoms with Gasteiger partial charge in [-0.25, -0.2) is 0 Å². The zero-order valence-electron chi connectivity index (χ0n) is 15.8. The molecule has 130 valence electrons. The van der Waals surface area contributed by atoms with Gasteiger partial charge in [-0.15, -0.1) is 0 Å². The molecule has 1 rings (SSSR count). The first kappa shape index (κ1) is 19.5. The number of ketones is 1. The molecule has 0 spiro atoms. The number of ether oxygens (including phenoxy) is 2. The van der Waals surface area contributed by atoms with E-state index < -0.39 is 0 Å². The molecule has 0 aromatic heterocycles. The summed E-state index contributed by atoms with van der Waals surface area (Å²) in [4.78, 5) is 12.0. The summed E-state index contributed by atoms with van der Waals surface area (Å²) in [5.74, 6) is 1.21. The third kappa shape index (κ3) is 7.54. The molecule has 0 saturated heterocycles. The van der Waals surface area contributed by atoms with E-state index in [1.54, 1.807) is 6.92 Å². The Labute approximate surface area is 141 Å². The summed E-state index contributed by atoms with van der Waals surface area (Å²) in [5.41, 5.74) is 0.962. The van der Waals surface area contributed by atoms with Crippen molar-refractivity contribution in [2.24, 2.45) is 10.8 Å². The average Bonchev–Trinajstić information content (AvgIpc) is 2.35. The molecule has 0 N–H and O–H groups in total. The van der Waals surface area contributed by atoms with Crippen molar-refractivity contribution < 1.29 is 14.3 Å². The summed E-state index contributed by atoms with van der Waals surface area (Å²) >= 11 is 0. The van der Waals surface area contributed by atoms with Gasteiger partial charge >= 0.3 is 0 Å². The molecule has 0 amide bonds. The molecule has 0 aliphatic heterocycles. The van der Waals surface area contributed by atoms with Crippen LogP contribution in [0.3, 0.4) is 0 Å². The quantitative estimate of drug-likeness (QED) is 0.621. The van der Waals surface area contributed by atoms with Crippen LogP contribution in [0.15, 0.2) is 18.2 Å². The number of carbonyl (C=O) groups excluding carboxylic acids is 1. The first-order valence-corrected chi connectivity index (χ1v) is 8.39. The Hall–Kier alpha value is -1.51. The van der Waals surface area contributed by atoms with Crippen molar-refractivity contribution in [2.45, 2.75) is 61.3 Å². The van der Waals surface area contributed by atoms with Crippen LogP contribution >= 0.6 is 0 Å². The number of benzene rings is 1. The second kappa shape index (κ2) is 7.85. The lowest BCUT2D eigenvalue weighted by atomic mass is 9.93. The van der Waals surface area contributed by atoms with Crippen molar-refractivity contribution in [3.8, 4) is 11.5 Å². The van der Waals surface area contributed by atoms with E-state index in [1.165, 1.54) is 0 Å². The van der Waals surface area contributed by atoms with Crippen LogP contribution in [0.5, 0.6) is 11.5 Å². The SMILES string of the molecule is CC(=O)c1c(OCCC(C)(C)C)cccc1OCCC(C)(C)C. The monoisotopic (exact) mass is 320 g/mol. The van der Waals surface area contributed by atoms with Crippen LogP contribution in [0, 0.1) is 10.8 Å². The Morgan fingerprint density at radius 2 is 1.26 bits per heavy atom. The van der Waals surface area contributed by atoms with Crippen LogP contribution in [0.4, 0.5) is 0 Å². The first-order valence-electron chi connectivity index (χ1n) is 8.39. The molecule has 23 heavy (non-hydrogen) atoms.